The maximum atomic E-state index is 5.34. The van der Waals surface area contributed by atoms with Crippen molar-refractivity contribution in [2.24, 2.45) is 0 Å². The highest BCUT2D eigenvalue weighted by Gasteiger charge is 2.25. The summed E-state index contributed by atoms with van der Waals surface area (Å²) in [5.41, 5.74) is 3.66. The van der Waals surface area contributed by atoms with E-state index in [0.717, 1.165) is 37.4 Å². The lowest BCUT2D eigenvalue weighted by Crippen LogP contribution is -2.45. The first-order valence-corrected chi connectivity index (χ1v) is 8.79. The van der Waals surface area contributed by atoms with Gasteiger partial charge in [0, 0.05) is 37.8 Å². The minimum Gasteiger partial charge on any atom is -0.497 e. The van der Waals surface area contributed by atoms with Crippen LogP contribution in [0.2, 0.25) is 0 Å². The number of pyridine rings is 1. The third-order valence-electron chi connectivity index (χ3n) is 4.93. The number of nitrogens with zero attached hydrogens (tertiary/aromatic N) is 2. The Kier molecular flexibility index (Phi) is 4.63. The molecule has 1 aliphatic rings. The number of aromatic nitrogens is 1. The molecule has 1 atom stereocenters. The number of benzene rings is 2. The topological polar surface area (TPSA) is 37.4 Å². The van der Waals surface area contributed by atoms with Crippen LogP contribution in [0.3, 0.4) is 0 Å². The molecular weight excluding hydrogens is 310 g/mol. The highest BCUT2D eigenvalue weighted by Crippen LogP contribution is 2.33. The van der Waals surface area contributed by atoms with Crippen molar-refractivity contribution in [1.29, 1.82) is 0 Å². The van der Waals surface area contributed by atoms with E-state index in [0.29, 0.717) is 0 Å². The molecule has 0 bridgehead atoms. The predicted octanol–water partition coefficient (Wildman–Crippen LogP) is 3.24. The van der Waals surface area contributed by atoms with Gasteiger partial charge < -0.3 is 10.1 Å². The van der Waals surface area contributed by atoms with Gasteiger partial charge in [0.15, 0.2) is 0 Å². The van der Waals surface area contributed by atoms with Crippen LogP contribution in [0.25, 0.3) is 10.9 Å². The molecule has 0 spiro atoms. The van der Waals surface area contributed by atoms with Crippen LogP contribution in [-0.2, 0) is 0 Å². The van der Waals surface area contributed by atoms with Crippen molar-refractivity contribution in [2.75, 3.05) is 33.3 Å². The predicted molar refractivity (Wildman–Crippen MR) is 101 cm³/mol. The molecule has 2 aromatic carbocycles. The van der Waals surface area contributed by atoms with Crippen LogP contribution in [0.15, 0.2) is 60.8 Å². The normalized spacial score (nSPS) is 16.7. The van der Waals surface area contributed by atoms with Crippen LogP contribution in [0.4, 0.5) is 0 Å². The first-order valence-electron chi connectivity index (χ1n) is 8.79. The lowest BCUT2D eigenvalue weighted by atomic mass is 9.93. The first kappa shape index (κ1) is 16.1. The summed E-state index contributed by atoms with van der Waals surface area (Å²) in [7, 11) is 1.71. The van der Waals surface area contributed by atoms with Crippen LogP contribution in [0, 0.1) is 0 Å². The average molecular weight is 333 g/mol. The lowest BCUT2D eigenvalue weighted by molar-refractivity contribution is 0.199. The SMILES string of the molecule is COc1ccc(C(c2ccnc3ccccc23)N2CCNCC2)cc1. The van der Waals surface area contributed by atoms with Gasteiger partial charge in [0.2, 0.25) is 0 Å². The number of nitrogens with one attached hydrogen (secondary N) is 1. The second kappa shape index (κ2) is 7.21. The molecular formula is C21H23N3O. The summed E-state index contributed by atoms with van der Waals surface area (Å²) in [6.45, 7) is 4.12. The molecule has 0 saturated carbocycles. The molecule has 0 radical (unpaired) electrons. The summed E-state index contributed by atoms with van der Waals surface area (Å²) in [4.78, 5) is 7.10. The van der Waals surface area contributed by atoms with Gasteiger partial charge in [-0.1, -0.05) is 30.3 Å². The Morgan fingerprint density at radius 2 is 1.76 bits per heavy atom. The summed E-state index contributed by atoms with van der Waals surface area (Å²) in [5, 5.41) is 4.68. The van der Waals surface area contributed by atoms with Gasteiger partial charge in [-0.15, -0.1) is 0 Å². The fourth-order valence-corrected chi connectivity index (χ4v) is 3.67. The lowest BCUT2D eigenvalue weighted by Gasteiger charge is -2.36. The molecule has 1 saturated heterocycles. The number of piperazine rings is 1. The molecule has 4 nitrogen and oxygen atoms in total. The number of hydrogen-bond donors (Lipinski definition) is 1. The van der Waals surface area contributed by atoms with E-state index in [-0.39, 0.29) is 6.04 Å². The summed E-state index contributed by atoms with van der Waals surface area (Å²) in [5.74, 6) is 0.891. The van der Waals surface area contributed by atoms with Crippen LogP contribution in [0.5, 0.6) is 5.75 Å². The monoisotopic (exact) mass is 333 g/mol. The van der Waals surface area contributed by atoms with Crippen LogP contribution < -0.4 is 10.1 Å². The maximum Gasteiger partial charge on any atom is 0.118 e. The van der Waals surface area contributed by atoms with E-state index < -0.39 is 0 Å². The summed E-state index contributed by atoms with van der Waals surface area (Å²) in [6.07, 6.45) is 1.93. The Balaban J connectivity index is 1.83. The number of hydrogen-bond acceptors (Lipinski definition) is 4. The van der Waals surface area contributed by atoms with E-state index in [1.165, 1.54) is 16.5 Å². The van der Waals surface area contributed by atoms with Gasteiger partial charge in [-0.25, -0.2) is 0 Å². The maximum absolute atomic E-state index is 5.34. The molecule has 1 fully saturated rings. The largest absolute Gasteiger partial charge is 0.497 e. The number of rotatable bonds is 4. The van der Waals surface area contributed by atoms with Gasteiger partial charge in [0.1, 0.15) is 5.75 Å². The molecule has 2 heterocycles. The molecule has 0 aliphatic carbocycles. The van der Waals surface area contributed by atoms with Gasteiger partial charge in [-0.05, 0) is 35.4 Å². The van der Waals surface area contributed by atoms with Crippen molar-refractivity contribution < 1.29 is 4.74 Å². The quantitative estimate of drug-likeness (QED) is 0.795. The van der Waals surface area contributed by atoms with E-state index >= 15 is 0 Å². The number of fused-ring (bicyclic) bond motifs is 1. The van der Waals surface area contributed by atoms with E-state index in [1.807, 2.05) is 24.4 Å². The number of para-hydroxylation sites is 1. The molecule has 1 N–H and O–H groups in total. The van der Waals surface area contributed by atoms with Crippen molar-refractivity contribution >= 4 is 10.9 Å². The third kappa shape index (κ3) is 3.23. The first-order chi connectivity index (χ1) is 12.4. The zero-order valence-corrected chi connectivity index (χ0v) is 14.5. The van der Waals surface area contributed by atoms with Gasteiger partial charge in [0.05, 0.1) is 18.7 Å². The molecule has 4 heteroatoms. The number of ether oxygens (including phenoxy) is 1. The van der Waals surface area contributed by atoms with Gasteiger partial charge >= 0.3 is 0 Å². The minimum atomic E-state index is 0.223. The smallest absolute Gasteiger partial charge is 0.118 e. The Morgan fingerprint density at radius 3 is 2.52 bits per heavy atom. The van der Waals surface area contributed by atoms with Crippen molar-refractivity contribution in [3.05, 3.63) is 71.9 Å². The van der Waals surface area contributed by atoms with E-state index in [2.05, 4.69) is 51.6 Å². The minimum absolute atomic E-state index is 0.223. The van der Waals surface area contributed by atoms with Crippen LogP contribution in [0.1, 0.15) is 17.2 Å². The molecule has 4 rings (SSSR count). The van der Waals surface area contributed by atoms with Gasteiger partial charge in [-0.2, -0.15) is 0 Å². The summed E-state index contributed by atoms with van der Waals surface area (Å²) < 4.78 is 5.34. The zero-order chi connectivity index (χ0) is 17.1. The molecule has 1 aromatic heterocycles. The summed E-state index contributed by atoms with van der Waals surface area (Å²) >= 11 is 0. The average Bonchev–Trinajstić information content (AvgIpc) is 2.70. The van der Waals surface area contributed by atoms with Gasteiger partial charge in [0.25, 0.3) is 0 Å². The Hall–Kier alpha value is -2.43. The van der Waals surface area contributed by atoms with Crippen LogP contribution in [-0.4, -0.2) is 43.2 Å². The van der Waals surface area contributed by atoms with Gasteiger partial charge in [-0.3, -0.25) is 9.88 Å². The summed E-state index contributed by atoms with van der Waals surface area (Å²) in [6, 6.07) is 19.3. The van der Waals surface area contributed by atoms with Crippen molar-refractivity contribution in [3.8, 4) is 5.75 Å². The number of methoxy groups -OCH3 is 1. The second-order valence-corrected chi connectivity index (χ2v) is 6.38. The standard InChI is InChI=1S/C21H23N3O/c1-25-17-8-6-16(7-9-17)21(24-14-12-22-13-15-24)19-10-11-23-20-5-3-2-4-18(19)20/h2-11,21-22H,12-15H2,1H3. The van der Waals surface area contributed by atoms with Crippen molar-refractivity contribution in [1.82, 2.24) is 15.2 Å². The Morgan fingerprint density at radius 1 is 1.00 bits per heavy atom. The molecule has 25 heavy (non-hydrogen) atoms. The molecule has 0 amide bonds. The van der Waals surface area contributed by atoms with Crippen molar-refractivity contribution in [2.45, 2.75) is 6.04 Å². The second-order valence-electron chi connectivity index (χ2n) is 6.38. The Labute approximate surface area is 148 Å². The van der Waals surface area contributed by atoms with Crippen molar-refractivity contribution in [3.63, 3.8) is 0 Å². The fourth-order valence-electron chi connectivity index (χ4n) is 3.67. The van der Waals surface area contributed by atoms with E-state index in [1.54, 1.807) is 7.11 Å². The van der Waals surface area contributed by atoms with E-state index in [9.17, 15) is 0 Å². The zero-order valence-electron chi connectivity index (χ0n) is 14.5. The highest BCUT2D eigenvalue weighted by molar-refractivity contribution is 5.82. The van der Waals surface area contributed by atoms with E-state index in [4.69, 9.17) is 4.74 Å². The molecule has 3 aromatic rings. The molecule has 1 unspecified atom stereocenters. The molecule has 128 valence electrons. The molecule has 1 aliphatic heterocycles. The Bertz CT molecular complexity index is 836. The third-order valence-corrected chi connectivity index (χ3v) is 4.93. The van der Waals surface area contributed by atoms with Crippen LogP contribution >= 0.6 is 0 Å². The highest BCUT2D eigenvalue weighted by atomic mass is 16.5. The fraction of sp³-hybridized carbons (Fsp3) is 0.286.